The van der Waals surface area contributed by atoms with E-state index in [-0.39, 0.29) is 23.9 Å². The van der Waals surface area contributed by atoms with E-state index in [1.807, 2.05) is 0 Å². The Morgan fingerprint density at radius 3 is 2.61 bits per heavy atom. The predicted octanol–water partition coefficient (Wildman–Crippen LogP) is 3.84. The number of hydrogen-bond donors (Lipinski definition) is 0. The van der Waals surface area contributed by atoms with Crippen LogP contribution in [0.5, 0.6) is 0 Å². The first kappa shape index (κ1) is 19.4. The highest BCUT2D eigenvalue weighted by atomic mass is 79.9. The molecule has 2 saturated heterocycles. The number of piperidine rings is 1. The fourth-order valence-electron chi connectivity index (χ4n) is 4.02. The number of carbonyl (C=O) groups excluding carboxylic acids is 2. The molecule has 0 N–H and O–H groups in total. The first-order valence-electron chi connectivity index (χ1n) is 9.02. The summed E-state index contributed by atoms with van der Waals surface area (Å²) in [5.74, 6) is -1.11. The number of aromatic nitrogens is 1. The van der Waals surface area contributed by atoms with Gasteiger partial charge in [0.05, 0.1) is 11.6 Å². The number of hydrogen-bond acceptors (Lipinski definition) is 4. The quantitative estimate of drug-likeness (QED) is 0.685. The van der Waals surface area contributed by atoms with Crippen LogP contribution in [0.15, 0.2) is 28.3 Å². The number of amides is 2. The van der Waals surface area contributed by atoms with Crippen molar-refractivity contribution in [3.63, 3.8) is 0 Å². The van der Waals surface area contributed by atoms with Gasteiger partial charge in [-0.2, -0.15) is 0 Å². The van der Waals surface area contributed by atoms with Gasteiger partial charge in [-0.05, 0) is 53.4 Å². The molecule has 2 aliphatic rings. The molecule has 2 aromatic rings. The van der Waals surface area contributed by atoms with E-state index in [4.69, 9.17) is 0 Å². The van der Waals surface area contributed by atoms with Crippen molar-refractivity contribution in [2.45, 2.75) is 25.8 Å². The summed E-state index contributed by atoms with van der Waals surface area (Å²) in [6.45, 7) is 1.59. The Morgan fingerprint density at radius 1 is 1.21 bits per heavy atom. The van der Waals surface area contributed by atoms with Crippen molar-refractivity contribution in [2.75, 3.05) is 19.6 Å². The van der Waals surface area contributed by atoms with Gasteiger partial charge < -0.3 is 9.80 Å². The van der Waals surface area contributed by atoms with E-state index < -0.39 is 17.0 Å². The summed E-state index contributed by atoms with van der Waals surface area (Å²) in [5, 5.41) is 0. The van der Waals surface area contributed by atoms with Gasteiger partial charge in [0.25, 0.3) is 5.91 Å². The molecule has 0 saturated carbocycles. The summed E-state index contributed by atoms with van der Waals surface area (Å²) in [4.78, 5) is 33.6. The van der Waals surface area contributed by atoms with Crippen LogP contribution in [0.4, 0.5) is 8.78 Å². The van der Waals surface area contributed by atoms with Crippen LogP contribution in [0.25, 0.3) is 0 Å². The normalized spacial score (nSPS) is 18.9. The standard InChI is InChI=1S/C19H18BrF2N3O2S/c20-18-23-10-15(28-18)16(26)24-6-3-19(4-7-24)5-8-25(17(19)27)11-12-9-13(21)1-2-14(12)22/h1-2,9-10H,3-8,11H2. The second kappa shape index (κ2) is 7.51. The van der Waals surface area contributed by atoms with Crippen molar-refractivity contribution in [3.05, 3.63) is 50.4 Å². The van der Waals surface area contributed by atoms with Gasteiger partial charge in [0.2, 0.25) is 5.91 Å². The van der Waals surface area contributed by atoms with Gasteiger partial charge in [-0.1, -0.05) is 0 Å². The van der Waals surface area contributed by atoms with Crippen molar-refractivity contribution in [3.8, 4) is 0 Å². The molecule has 28 heavy (non-hydrogen) atoms. The molecule has 9 heteroatoms. The molecule has 1 aromatic heterocycles. The molecule has 3 heterocycles. The topological polar surface area (TPSA) is 53.5 Å². The molecule has 148 valence electrons. The van der Waals surface area contributed by atoms with Crippen molar-refractivity contribution in [1.82, 2.24) is 14.8 Å². The maximum atomic E-state index is 13.9. The van der Waals surface area contributed by atoms with E-state index in [1.54, 1.807) is 16.0 Å². The van der Waals surface area contributed by atoms with E-state index in [0.29, 0.717) is 47.7 Å². The molecular weight excluding hydrogens is 452 g/mol. The molecule has 2 fully saturated rings. The molecule has 1 aromatic carbocycles. The second-order valence-corrected chi connectivity index (χ2v) is 9.57. The molecule has 5 nitrogen and oxygen atoms in total. The second-order valence-electron chi connectivity index (χ2n) is 7.26. The zero-order chi connectivity index (χ0) is 19.9. The van der Waals surface area contributed by atoms with E-state index in [1.165, 1.54) is 11.3 Å². The number of nitrogens with zero attached hydrogens (tertiary/aromatic N) is 3. The zero-order valence-electron chi connectivity index (χ0n) is 15.0. The Balaban J connectivity index is 1.41. The van der Waals surface area contributed by atoms with Crippen LogP contribution in [0, 0.1) is 17.0 Å². The van der Waals surface area contributed by atoms with Crippen LogP contribution in [0.1, 0.15) is 34.5 Å². The average molecular weight is 470 g/mol. The van der Waals surface area contributed by atoms with Crippen molar-refractivity contribution in [1.29, 1.82) is 0 Å². The lowest BCUT2D eigenvalue weighted by atomic mass is 9.77. The predicted molar refractivity (Wildman–Crippen MR) is 104 cm³/mol. The first-order chi connectivity index (χ1) is 13.4. The van der Waals surface area contributed by atoms with Crippen LogP contribution in [-0.4, -0.2) is 46.2 Å². The Morgan fingerprint density at radius 2 is 1.93 bits per heavy atom. The van der Waals surface area contributed by atoms with Gasteiger partial charge in [-0.15, -0.1) is 11.3 Å². The van der Waals surface area contributed by atoms with Crippen LogP contribution in [0.2, 0.25) is 0 Å². The lowest BCUT2D eigenvalue weighted by Gasteiger charge is -2.37. The minimum atomic E-state index is -0.515. The highest BCUT2D eigenvalue weighted by Gasteiger charge is 2.48. The molecule has 2 amide bonds. The van der Waals surface area contributed by atoms with Gasteiger partial charge in [-0.25, -0.2) is 13.8 Å². The van der Waals surface area contributed by atoms with Gasteiger partial charge in [0.1, 0.15) is 16.5 Å². The van der Waals surface area contributed by atoms with Gasteiger partial charge >= 0.3 is 0 Å². The van der Waals surface area contributed by atoms with Crippen LogP contribution in [-0.2, 0) is 11.3 Å². The lowest BCUT2D eigenvalue weighted by Crippen LogP contribution is -2.46. The van der Waals surface area contributed by atoms with Gasteiger partial charge in [-0.3, -0.25) is 9.59 Å². The summed E-state index contributed by atoms with van der Waals surface area (Å²) in [6.07, 6.45) is 3.40. The lowest BCUT2D eigenvalue weighted by molar-refractivity contribution is -0.138. The van der Waals surface area contributed by atoms with Gasteiger partial charge in [0.15, 0.2) is 3.92 Å². The highest BCUT2D eigenvalue weighted by Crippen LogP contribution is 2.42. The van der Waals surface area contributed by atoms with Gasteiger partial charge in [0, 0.05) is 31.7 Å². The summed E-state index contributed by atoms with van der Waals surface area (Å²) >= 11 is 4.55. The van der Waals surface area contributed by atoms with E-state index in [2.05, 4.69) is 20.9 Å². The number of carbonyl (C=O) groups is 2. The first-order valence-corrected chi connectivity index (χ1v) is 10.6. The molecular formula is C19H18BrF2N3O2S. The molecule has 4 rings (SSSR count). The molecule has 0 bridgehead atoms. The average Bonchev–Trinajstić information content (AvgIpc) is 3.24. The highest BCUT2D eigenvalue weighted by molar-refractivity contribution is 9.11. The fourth-order valence-corrected chi connectivity index (χ4v) is 5.26. The minimum Gasteiger partial charge on any atom is -0.338 e. The number of rotatable bonds is 3. The third-order valence-corrected chi connectivity index (χ3v) is 7.13. The molecule has 0 atom stereocenters. The van der Waals surface area contributed by atoms with Crippen LogP contribution < -0.4 is 0 Å². The van der Waals surface area contributed by atoms with Crippen molar-refractivity contribution in [2.24, 2.45) is 5.41 Å². The summed E-state index contributed by atoms with van der Waals surface area (Å²) in [7, 11) is 0. The van der Waals surface area contributed by atoms with Crippen molar-refractivity contribution < 1.29 is 18.4 Å². The maximum Gasteiger partial charge on any atom is 0.265 e. The number of thiazole rings is 1. The number of halogens is 3. The minimum absolute atomic E-state index is 0.0243. The third-order valence-electron chi connectivity index (χ3n) is 5.67. The van der Waals surface area contributed by atoms with Crippen LogP contribution >= 0.6 is 27.3 Å². The SMILES string of the molecule is O=C(c1cnc(Br)s1)N1CCC2(CC1)CCN(Cc1cc(F)ccc1F)C2=O. The molecule has 0 aliphatic carbocycles. The summed E-state index contributed by atoms with van der Waals surface area (Å²) < 4.78 is 28.0. The molecule has 0 unspecified atom stereocenters. The molecule has 1 spiro atoms. The Kier molecular flexibility index (Phi) is 5.22. The van der Waals surface area contributed by atoms with E-state index >= 15 is 0 Å². The summed E-state index contributed by atoms with van der Waals surface area (Å²) in [5.41, 5.74) is -0.316. The fraction of sp³-hybridized carbons (Fsp3) is 0.421. The number of benzene rings is 1. The third kappa shape index (κ3) is 3.57. The Bertz CT molecular complexity index is 928. The molecule has 2 aliphatic heterocycles. The molecule has 0 radical (unpaired) electrons. The van der Waals surface area contributed by atoms with Crippen LogP contribution in [0.3, 0.4) is 0 Å². The Labute approximate surface area is 173 Å². The number of likely N-dealkylation sites (tertiary alicyclic amines) is 2. The smallest absolute Gasteiger partial charge is 0.265 e. The monoisotopic (exact) mass is 469 g/mol. The van der Waals surface area contributed by atoms with E-state index in [0.717, 1.165) is 18.2 Å². The largest absolute Gasteiger partial charge is 0.338 e. The maximum absolute atomic E-state index is 13.9. The Hall–Kier alpha value is -1.87. The van der Waals surface area contributed by atoms with Crippen molar-refractivity contribution >= 4 is 39.1 Å². The summed E-state index contributed by atoms with van der Waals surface area (Å²) in [6, 6.07) is 3.30. The van der Waals surface area contributed by atoms with E-state index in [9.17, 15) is 18.4 Å². The zero-order valence-corrected chi connectivity index (χ0v) is 17.4.